The lowest BCUT2D eigenvalue weighted by Crippen LogP contribution is -2.11. The Balaban J connectivity index is 2.18. The van der Waals surface area contributed by atoms with Crippen LogP contribution in [-0.4, -0.2) is 9.97 Å². The summed E-state index contributed by atoms with van der Waals surface area (Å²) >= 11 is 5.91. The van der Waals surface area contributed by atoms with Crippen molar-refractivity contribution in [1.82, 2.24) is 9.97 Å². The number of halogens is 1. The molecule has 0 fully saturated rings. The van der Waals surface area contributed by atoms with Crippen LogP contribution in [0.15, 0.2) is 30.3 Å². The van der Waals surface area contributed by atoms with Gasteiger partial charge in [-0.1, -0.05) is 37.6 Å². The van der Waals surface area contributed by atoms with Crippen molar-refractivity contribution in [2.24, 2.45) is 0 Å². The predicted octanol–water partition coefficient (Wildman–Crippen LogP) is 4.73. The first-order valence-electron chi connectivity index (χ1n) is 6.83. The molecular weight excluding hydrogens is 270 g/mol. The molecule has 2 aromatic rings. The largest absolute Gasteiger partial charge is 0.348 e. The molecule has 1 aromatic heterocycles. The third-order valence-electron chi connectivity index (χ3n) is 3.18. The van der Waals surface area contributed by atoms with Gasteiger partial charge in [0.1, 0.15) is 0 Å². The average Bonchev–Trinajstić information content (AvgIpc) is 2.38. The fraction of sp³-hybridized carbons (Fsp3) is 0.375. The quantitative estimate of drug-likeness (QED) is 0.884. The Bertz CT molecular complexity index is 579. The molecule has 1 N–H and O–H groups in total. The summed E-state index contributed by atoms with van der Waals surface area (Å²) in [5.41, 5.74) is 3.20. The lowest BCUT2D eigenvalue weighted by Gasteiger charge is -2.16. The highest BCUT2D eigenvalue weighted by Crippen LogP contribution is 2.21. The highest BCUT2D eigenvalue weighted by Gasteiger charge is 2.10. The van der Waals surface area contributed by atoms with Gasteiger partial charge in [0.05, 0.1) is 6.04 Å². The van der Waals surface area contributed by atoms with E-state index in [1.807, 2.05) is 37.3 Å². The van der Waals surface area contributed by atoms with Crippen LogP contribution >= 0.6 is 11.6 Å². The maximum absolute atomic E-state index is 5.91. The molecule has 3 nitrogen and oxygen atoms in total. The fourth-order valence-corrected chi connectivity index (χ4v) is 2.11. The van der Waals surface area contributed by atoms with Crippen LogP contribution in [-0.2, 0) is 0 Å². The van der Waals surface area contributed by atoms with Crippen molar-refractivity contribution < 1.29 is 0 Å². The summed E-state index contributed by atoms with van der Waals surface area (Å²) in [4.78, 5) is 9.02. The first kappa shape index (κ1) is 14.8. The minimum Gasteiger partial charge on any atom is -0.348 e. The molecule has 0 radical (unpaired) electrons. The first-order chi connectivity index (χ1) is 9.45. The van der Waals surface area contributed by atoms with Crippen molar-refractivity contribution in [2.45, 2.75) is 39.7 Å². The molecule has 0 spiro atoms. The molecule has 0 saturated carbocycles. The second-order valence-electron chi connectivity index (χ2n) is 5.33. The van der Waals surface area contributed by atoms with Crippen LogP contribution in [0.25, 0.3) is 0 Å². The number of anilines is 1. The van der Waals surface area contributed by atoms with Gasteiger partial charge in [-0.25, -0.2) is 9.97 Å². The number of nitrogens with one attached hydrogen (secondary N) is 1. The molecule has 1 unspecified atom stereocenters. The Labute approximate surface area is 125 Å². The summed E-state index contributed by atoms with van der Waals surface area (Å²) in [6, 6.07) is 9.98. The van der Waals surface area contributed by atoms with E-state index >= 15 is 0 Å². The van der Waals surface area contributed by atoms with Crippen molar-refractivity contribution >= 4 is 17.5 Å². The molecule has 2 rings (SSSR count). The SMILES string of the molecule is Cc1cc(C(C)C)nc(NC(C)c2ccc(Cl)cc2)n1. The van der Waals surface area contributed by atoms with Crippen LogP contribution in [0.3, 0.4) is 0 Å². The maximum Gasteiger partial charge on any atom is 0.223 e. The van der Waals surface area contributed by atoms with E-state index in [1.165, 1.54) is 0 Å². The Morgan fingerprint density at radius 3 is 2.30 bits per heavy atom. The predicted molar refractivity (Wildman–Crippen MR) is 84.3 cm³/mol. The molecule has 1 aromatic carbocycles. The van der Waals surface area contributed by atoms with Gasteiger partial charge in [-0.3, -0.25) is 0 Å². The molecule has 1 heterocycles. The monoisotopic (exact) mass is 289 g/mol. The number of aryl methyl sites for hydroxylation is 1. The standard InChI is InChI=1S/C16H20ClN3/c1-10(2)15-9-11(3)18-16(20-15)19-12(4)13-5-7-14(17)8-6-13/h5-10,12H,1-4H3,(H,18,19,20). The number of hydrogen-bond donors (Lipinski definition) is 1. The summed E-state index contributed by atoms with van der Waals surface area (Å²) in [5, 5.41) is 4.09. The van der Waals surface area contributed by atoms with E-state index in [2.05, 4.69) is 36.1 Å². The van der Waals surface area contributed by atoms with Gasteiger partial charge in [0.2, 0.25) is 5.95 Å². The number of nitrogens with zero attached hydrogens (tertiary/aromatic N) is 2. The van der Waals surface area contributed by atoms with Crippen LogP contribution in [0.1, 0.15) is 49.7 Å². The summed E-state index contributed by atoms with van der Waals surface area (Å²) in [6.45, 7) is 8.35. The Hall–Kier alpha value is -1.61. The van der Waals surface area contributed by atoms with Gasteiger partial charge in [0, 0.05) is 16.4 Å². The van der Waals surface area contributed by atoms with Gasteiger partial charge < -0.3 is 5.32 Å². The average molecular weight is 290 g/mol. The number of benzene rings is 1. The van der Waals surface area contributed by atoms with Crippen molar-refractivity contribution in [2.75, 3.05) is 5.32 Å². The molecule has 0 aliphatic carbocycles. The van der Waals surface area contributed by atoms with Crippen LogP contribution in [0.2, 0.25) is 5.02 Å². The van der Waals surface area contributed by atoms with Gasteiger partial charge in [-0.2, -0.15) is 0 Å². The maximum atomic E-state index is 5.91. The second-order valence-corrected chi connectivity index (χ2v) is 5.77. The number of hydrogen-bond acceptors (Lipinski definition) is 3. The van der Waals surface area contributed by atoms with Gasteiger partial charge in [0.15, 0.2) is 0 Å². The molecule has 4 heteroatoms. The molecular formula is C16H20ClN3. The van der Waals surface area contributed by atoms with E-state index in [0.717, 1.165) is 22.0 Å². The first-order valence-corrected chi connectivity index (χ1v) is 7.21. The molecule has 106 valence electrons. The van der Waals surface area contributed by atoms with E-state index in [1.54, 1.807) is 0 Å². The van der Waals surface area contributed by atoms with Crippen molar-refractivity contribution in [3.8, 4) is 0 Å². The van der Waals surface area contributed by atoms with Crippen molar-refractivity contribution in [3.63, 3.8) is 0 Å². The van der Waals surface area contributed by atoms with E-state index < -0.39 is 0 Å². The minimum absolute atomic E-state index is 0.133. The molecule has 1 atom stereocenters. The van der Waals surface area contributed by atoms with E-state index in [0.29, 0.717) is 11.9 Å². The third kappa shape index (κ3) is 3.70. The zero-order valence-electron chi connectivity index (χ0n) is 12.3. The van der Waals surface area contributed by atoms with E-state index in [4.69, 9.17) is 11.6 Å². The molecule has 0 bridgehead atoms. The number of rotatable bonds is 4. The highest BCUT2D eigenvalue weighted by atomic mass is 35.5. The molecule has 0 aliphatic rings. The normalized spacial score (nSPS) is 12.5. The summed E-state index contributed by atoms with van der Waals surface area (Å²) < 4.78 is 0. The van der Waals surface area contributed by atoms with Gasteiger partial charge in [-0.15, -0.1) is 0 Å². The Kier molecular flexibility index (Phi) is 4.61. The van der Waals surface area contributed by atoms with Crippen LogP contribution < -0.4 is 5.32 Å². The minimum atomic E-state index is 0.133. The Morgan fingerprint density at radius 1 is 1.05 bits per heavy atom. The van der Waals surface area contributed by atoms with Crippen molar-refractivity contribution in [1.29, 1.82) is 0 Å². The zero-order valence-corrected chi connectivity index (χ0v) is 13.1. The zero-order chi connectivity index (χ0) is 14.7. The molecule has 0 aliphatic heterocycles. The lowest BCUT2D eigenvalue weighted by molar-refractivity contribution is 0.794. The molecule has 0 amide bonds. The second kappa shape index (κ2) is 6.23. The van der Waals surface area contributed by atoms with Crippen LogP contribution in [0.4, 0.5) is 5.95 Å². The van der Waals surface area contributed by atoms with Crippen molar-refractivity contribution in [3.05, 3.63) is 52.3 Å². The topological polar surface area (TPSA) is 37.8 Å². The number of aromatic nitrogens is 2. The molecule has 20 heavy (non-hydrogen) atoms. The van der Waals surface area contributed by atoms with Gasteiger partial charge in [0.25, 0.3) is 0 Å². The smallest absolute Gasteiger partial charge is 0.223 e. The van der Waals surface area contributed by atoms with E-state index in [-0.39, 0.29) is 6.04 Å². The summed E-state index contributed by atoms with van der Waals surface area (Å²) in [6.07, 6.45) is 0. The van der Waals surface area contributed by atoms with Crippen LogP contribution in [0, 0.1) is 6.92 Å². The summed E-state index contributed by atoms with van der Waals surface area (Å²) in [7, 11) is 0. The van der Waals surface area contributed by atoms with Gasteiger partial charge >= 0.3 is 0 Å². The lowest BCUT2D eigenvalue weighted by atomic mass is 10.1. The third-order valence-corrected chi connectivity index (χ3v) is 3.43. The Morgan fingerprint density at radius 2 is 1.70 bits per heavy atom. The molecule has 0 saturated heterocycles. The fourth-order valence-electron chi connectivity index (χ4n) is 1.98. The highest BCUT2D eigenvalue weighted by molar-refractivity contribution is 6.30. The summed E-state index contributed by atoms with van der Waals surface area (Å²) in [5.74, 6) is 1.07. The van der Waals surface area contributed by atoms with Gasteiger partial charge in [-0.05, 0) is 43.5 Å². The van der Waals surface area contributed by atoms with E-state index in [9.17, 15) is 0 Å². The van der Waals surface area contributed by atoms with Crippen LogP contribution in [0.5, 0.6) is 0 Å².